The van der Waals surface area contributed by atoms with E-state index in [1.165, 1.54) is 24.3 Å². The fourth-order valence-electron chi connectivity index (χ4n) is 1.50. The number of halogens is 1. The van der Waals surface area contributed by atoms with E-state index < -0.39 is 26.5 Å². The molecule has 0 aliphatic heterocycles. The van der Waals surface area contributed by atoms with Crippen LogP contribution in [0, 0.1) is 10.1 Å². The first-order valence-corrected chi connectivity index (χ1v) is 9.41. The van der Waals surface area contributed by atoms with Crippen molar-refractivity contribution >= 4 is 43.2 Å². The van der Waals surface area contributed by atoms with Crippen LogP contribution >= 0.6 is 15.9 Å². The van der Waals surface area contributed by atoms with Gasteiger partial charge in [-0.15, -0.1) is 0 Å². The third kappa shape index (κ3) is 7.33. The van der Waals surface area contributed by atoms with Gasteiger partial charge in [0.1, 0.15) is 11.5 Å². The van der Waals surface area contributed by atoms with Crippen LogP contribution in [-0.4, -0.2) is 41.9 Å². The molecule has 0 saturated carbocycles. The summed E-state index contributed by atoms with van der Waals surface area (Å²) in [7, 11) is -3.52. The van der Waals surface area contributed by atoms with Crippen molar-refractivity contribution in [3.63, 3.8) is 0 Å². The van der Waals surface area contributed by atoms with Gasteiger partial charge in [0.15, 0.2) is 9.84 Å². The van der Waals surface area contributed by atoms with E-state index in [0.717, 1.165) is 0 Å². The smallest absolute Gasteiger partial charge is 0.312 e. The molecule has 0 bridgehead atoms. The first-order valence-electron chi connectivity index (χ1n) is 6.47. The average molecular weight is 408 g/mol. The lowest BCUT2D eigenvalue weighted by Crippen LogP contribution is -2.19. The number of Topliss-reactive ketones (excluding diaryl/α,β-unsaturated/α-hetero) is 1. The van der Waals surface area contributed by atoms with Gasteiger partial charge in [-0.3, -0.25) is 19.7 Å². The predicted octanol–water partition coefficient (Wildman–Crippen LogP) is 1.66. The first kappa shape index (κ1) is 19.2. The van der Waals surface area contributed by atoms with Gasteiger partial charge in [0.05, 0.1) is 28.2 Å². The lowest BCUT2D eigenvalue weighted by atomic mass is 10.3. The number of nitro groups is 1. The lowest BCUT2D eigenvalue weighted by Gasteiger charge is -2.05. The summed E-state index contributed by atoms with van der Waals surface area (Å²) in [6.07, 6.45) is -0.465. The molecule has 1 aromatic rings. The number of nitro benzene ring substituents is 1. The van der Waals surface area contributed by atoms with Crippen LogP contribution in [-0.2, 0) is 19.4 Å². The molecular weight excluding hydrogens is 394 g/mol. The van der Waals surface area contributed by atoms with Crippen molar-refractivity contribution in [1.29, 1.82) is 0 Å². The minimum Gasteiger partial charge on any atom is -0.426 e. The molecule has 1 rings (SSSR count). The molecule has 126 valence electrons. The number of hydrogen-bond donors (Lipinski definition) is 0. The molecule has 0 saturated heterocycles. The molecule has 0 aliphatic carbocycles. The monoisotopic (exact) mass is 407 g/mol. The van der Waals surface area contributed by atoms with Crippen LogP contribution in [0.5, 0.6) is 5.75 Å². The predicted molar refractivity (Wildman–Crippen MR) is 85.4 cm³/mol. The van der Waals surface area contributed by atoms with E-state index in [-0.39, 0.29) is 41.1 Å². The topological polar surface area (TPSA) is 121 Å². The van der Waals surface area contributed by atoms with E-state index in [1.807, 2.05) is 0 Å². The van der Waals surface area contributed by atoms with Gasteiger partial charge in [0, 0.05) is 18.6 Å². The highest BCUT2D eigenvalue weighted by Gasteiger charge is 2.16. The second-order valence-electron chi connectivity index (χ2n) is 4.55. The van der Waals surface area contributed by atoms with Crippen LogP contribution in [0.3, 0.4) is 0 Å². The fourth-order valence-corrected chi connectivity index (χ4v) is 3.00. The molecule has 0 N–H and O–H groups in total. The van der Waals surface area contributed by atoms with E-state index >= 15 is 0 Å². The zero-order chi connectivity index (χ0) is 17.5. The van der Waals surface area contributed by atoms with Crippen molar-refractivity contribution in [2.75, 3.05) is 16.8 Å². The zero-order valence-electron chi connectivity index (χ0n) is 11.9. The lowest BCUT2D eigenvalue weighted by molar-refractivity contribution is -0.384. The molecule has 0 radical (unpaired) electrons. The normalized spacial score (nSPS) is 11.0. The Kier molecular flexibility index (Phi) is 7.30. The number of ether oxygens (including phenoxy) is 1. The number of esters is 1. The van der Waals surface area contributed by atoms with Gasteiger partial charge in [-0.2, -0.15) is 0 Å². The number of non-ortho nitro benzene ring substituents is 1. The molecule has 10 heteroatoms. The molecule has 0 atom stereocenters. The second-order valence-corrected chi connectivity index (χ2v) is 7.41. The highest BCUT2D eigenvalue weighted by atomic mass is 79.9. The molecule has 0 aromatic heterocycles. The Morgan fingerprint density at radius 2 is 1.70 bits per heavy atom. The van der Waals surface area contributed by atoms with Crippen molar-refractivity contribution in [2.45, 2.75) is 12.8 Å². The van der Waals surface area contributed by atoms with E-state index in [9.17, 15) is 28.1 Å². The highest BCUT2D eigenvalue weighted by Crippen LogP contribution is 2.17. The molecule has 1 aromatic carbocycles. The molecule has 0 heterocycles. The summed E-state index contributed by atoms with van der Waals surface area (Å²) in [5.74, 6) is -1.65. The van der Waals surface area contributed by atoms with Crippen LogP contribution < -0.4 is 4.74 Å². The highest BCUT2D eigenvalue weighted by molar-refractivity contribution is 9.09. The average Bonchev–Trinajstić information content (AvgIpc) is 2.51. The van der Waals surface area contributed by atoms with Crippen molar-refractivity contribution in [2.24, 2.45) is 0 Å². The molecule has 0 aliphatic rings. The summed E-state index contributed by atoms with van der Waals surface area (Å²) in [6, 6.07) is 4.84. The van der Waals surface area contributed by atoms with E-state index in [1.54, 1.807) is 0 Å². The third-order valence-electron chi connectivity index (χ3n) is 2.74. The maximum Gasteiger partial charge on any atom is 0.312 e. The minimum atomic E-state index is -3.52. The fraction of sp³-hybridized carbons (Fsp3) is 0.385. The Labute approximate surface area is 141 Å². The Bertz CT molecular complexity index is 685. The standard InChI is InChI=1S/C13H14BrNO7S/c14-9-11(16)5-7-23(20,21)8-6-13(17)22-12-3-1-10(2-4-12)15(18)19/h1-4H,5-9H2. The van der Waals surface area contributed by atoms with Gasteiger partial charge in [-0.1, -0.05) is 15.9 Å². The maximum atomic E-state index is 11.7. The van der Waals surface area contributed by atoms with Gasteiger partial charge in [0.25, 0.3) is 5.69 Å². The van der Waals surface area contributed by atoms with Crippen molar-refractivity contribution in [3.8, 4) is 5.75 Å². The second kappa shape index (κ2) is 8.73. The number of nitrogens with zero attached hydrogens (tertiary/aromatic N) is 1. The quantitative estimate of drug-likeness (QED) is 0.200. The Balaban J connectivity index is 2.47. The van der Waals surface area contributed by atoms with Gasteiger partial charge in [-0.05, 0) is 12.1 Å². The number of carbonyl (C=O) groups is 2. The Morgan fingerprint density at radius 1 is 1.13 bits per heavy atom. The number of alkyl halides is 1. The van der Waals surface area contributed by atoms with Gasteiger partial charge in [-0.25, -0.2) is 8.42 Å². The summed E-state index contributed by atoms with van der Waals surface area (Å²) in [5, 5.41) is 10.6. The molecule has 0 unspecified atom stereocenters. The number of hydrogen-bond acceptors (Lipinski definition) is 7. The van der Waals surface area contributed by atoms with Crippen LogP contribution in [0.1, 0.15) is 12.8 Å². The SMILES string of the molecule is O=C(CBr)CCS(=O)(=O)CCC(=O)Oc1ccc([N+](=O)[O-])cc1. The minimum absolute atomic E-state index is 0.0880. The molecule has 0 amide bonds. The maximum absolute atomic E-state index is 11.7. The van der Waals surface area contributed by atoms with Crippen molar-refractivity contribution in [1.82, 2.24) is 0 Å². The number of sulfone groups is 1. The van der Waals surface area contributed by atoms with Crippen molar-refractivity contribution in [3.05, 3.63) is 34.4 Å². The molecular formula is C13H14BrNO7S. The largest absolute Gasteiger partial charge is 0.426 e. The number of benzene rings is 1. The van der Waals surface area contributed by atoms with Crippen molar-refractivity contribution < 1.29 is 27.7 Å². The van der Waals surface area contributed by atoms with Gasteiger partial charge >= 0.3 is 5.97 Å². The van der Waals surface area contributed by atoms with E-state index in [4.69, 9.17) is 4.74 Å². The number of carbonyl (C=O) groups excluding carboxylic acids is 2. The van der Waals surface area contributed by atoms with Gasteiger partial charge in [0.2, 0.25) is 0 Å². The first-order chi connectivity index (χ1) is 10.7. The summed E-state index contributed by atoms with van der Waals surface area (Å²) in [5.41, 5.74) is -0.149. The Hall–Kier alpha value is -1.81. The summed E-state index contributed by atoms with van der Waals surface area (Å²) in [4.78, 5) is 32.5. The number of ketones is 1. The molecule has 0 fully saturated rings. The van der Waals surface area contributed by atoms with E-state index in [0.29, 0.717) is 0 Å². The van der Waals surface area contributed by atoms with E-state index in [2.05, 4.69) is 15.9 Å². The summed E-state index contributed by atoms with van der Waals surface area (Å²) < 4.78 is 28.2. The number of rotatable bonds is 9. The zero-order valence-corrected chi connectivity index (χ0v) is 14.3. The molecule has 0 spiro atoms. The Morgan fingerprint density at radius 3 is 2.22 bits per heavy atom. The summed E-state index contributed by atoms with van der Waals surface area (Å²) >= 11 is 2.94. The van der Waals surface area contributed by atoms with Gasteiger partial charge < -0.3 is 4.74 Å². The molecule has 8 nitrogen and oxygen atoms in total. The molecule has 23 heavy (non-hydrogen) atoms. The van der Waals surface area contributed by atoms with Crippen LogP contribution in [0.15, 0.2) is 24.3 Å². The summed E-state index contributed by atoms with van der Waals surface area (Å²) in [6.45, 7) is 0. The van der Waals surface area contributed by atoms with Crippen LogP contribution in [0.25, 0.3) is 0 Å². The van der Waals surface area contributed by atoms with Crippen LogP contribution in [0.4, 0.5) is 5.69 Å². The third-order valence-corrected chi connectivity index (χ3v) is 5.02. The van der Waals surface area contributed by atoms with Crippen LogP contribution in [0.2, 0.25) is 0 Å².